The molecule has 0 atom stereocenters. The van der Waals surface area contributed by atoms with Crippen LogP contribution < -0.4 is 0 Å². The van der Waals surface area contributed by atoms with Crippen molar-refractivity contribution in [3.05, 3.63) is 48.5 Å². The molecule has 0 aliphatic heterocycles. The van der Waals surface area contributed by atoms with Crippen LogP contribution in [0.25, 0.3) is 16.7 Å². The number of furan rings is 1. The third-order valence-corrected chi connectivity index (χ3v) is 3.14. The van der Waals surface area contributed by atoms with Gasteiger partial charge in [0.2, 0.25) is 0 Å². The van der Waals surface area contributed by atoms with E-state index in [-0.39, 0.29) is 5.41 Å². The van der Waals surface area contributed by atoms with Crippen molar-refractivity contribution in [1.29, 1.82) is 0 Å². The Morgan fingerprint density at radius 3 is 2.67 bits per heavy atom. The fraction of sp³-hybridized carbons (Fsp3) is 0.267. The van der Waals surface area contributed by atoms with Crippen LogP contribution in [0.2, 0.25) is 0 Å². The zero-order chi connectivity index (χ0) is 12.8. The van der Waals surface area contributed by atoms with E-state index in [1.54, 1.807) is 6.20 Å². The average Bonchev–Trinajstić information content (AvgIpc) is 2.96. The molecule has 0 fully saturated rings. The molecule has 0 aliphatic rings. The second-order valence-corrected chi connectivity index (χ2v) is 5.50. The van der Waals surface area contributed by atoms with Gasteiger partial charge in [-0.15, -0.1) is 0 Å². The number of hydrogen-bond acceptors (Lipinski definition) is 2. The molecule has 1 aromatic carbocycles. The normalized spacial score (nSPS) is 12.2. The van der Waals surface area contributed by atoms with E-state index in [1.165, 1.54) is 5.56 Å². The third-order valence-electron chi connectivity index (χ3n) is 3.14. The SMILES string of the molecule is CC(C)(C)c1coc2c(-n3cccn3)cccc12. The lowest BCUT2D eigenvalue weighted by Gasteiger charge is -2.16. The molecule has 0 spiro atoms. The molecule has 0 radical (unpaired) electrons. The van der Waals surface area contributed by atoms with Crippen molar-refractivity contribution in [2.45, 2.75) is 26.2 Å². The summed E-state index contributed by atoms with van der Waals surface area (Å²) in [5, 5.41) is 5.43. The predicted molar refractivity (Wildman–Crippen MR) is 72.0 cm³/mol. The van der Waals surface area contributed by atoms with Gasteiger partial charge >= 0.3 is 0 Å². The van der Waals surface area contributed by atoms with Gasteiger partial charge in [-0.1, -0.05) is 32.9 Å². The van der Waals surface area contributed by atoms with Gasteiger partial charge in [0, 0.05) is 23.3 Å². The number of nitrogens with zero attached hydrogens (tertiary/aromatic N) is 2. The molecule has 0 saturated heterocycles. The minimum Gasteiger partial charge on any atom is -0.462 e. The van der Waals surface area contributed by atoms with Crippen LogP contribution in [0.15, 0.2) is 47.3 Å². The summed E-state index contributed by atoms with van der Waals surface area (Å²) in [4.78, 5) is 0. The summed E-state index contributed by atoms with van der Waals surface area (Å²) in [5.74, 6) is 0. The van der Waals surface area contributed by atoms with Crippen LogP contribution in [0, 0.1) is 0 Å². The van der Waals surface area contributed by atoms with Crippen molar-refractivity contribution in [3.63, 3.8) is 0 Å². The fourth-order valence-corrected chi connectivity index (χ4v) is 2.21. The first-order valence-corrected chi connectivity index (χ1v) is 6.08. The lowest BCUT2D eigenvalue weighted by Crippen LogP contribution is -2.09. The number of para-hydroxylation sites is 1. The zero-order valence-corrected chi connectivity index (χ0v) is 10.8. The summed E-state index contributed by atoms with van der Waals surface area (Å²) in [6.07, 6.45) is 5.55. The molecule has 2 aromatic heterocycles. The Bertz CT molecular complexity index is 672. The topological polar surface area (TPSA) is 31.0 Å². The lowest BCUT2D eigenvalue weighted by atomic mass is 9.87. The van der Waals surface area contributed by atoms with Crippen LogP contribution in [0.5, 0.6) is 0 Å². The van der Waals surface area contributed by atoms with Gasteiger partial charge in [-0.3, -0.25) is 0 Å². The van der Waals surface area contributed by atoms with Crippen LogP contribution in [-0.4, -0.2) is 9.78 Å². The van der Waals surface area contributed by atoms with Crippen LogP contribution >= 0.6 is 0 Å². The summed E-state index contributed by atoms with van der Waals surface area (Å²) >= 11 is 0. The quantitative estimate of drug-likeness (QED) is 0.645. The van der Waals surface area contributed by atoms with Gasteiger partial charge in [-0.05, 0) is 17.5 Å². The Morgan fingerprint density at radius 1 is 1.17 bits per heavy atom. The van der Waals surface area contributed by atoms with Crippen molar-refractivity contribution in [1.82, 2.24) is 9.78 Å². The number of rotatable bonds is 1. The van der Waals surface area contributed by atoms with Gasteiger partial charge < -0.3 is 4.42 Å². The number of fused-ring (bicyclic) bond motifs is 1. The van der Waals surface area contributed by atoms with Crippen molar-refractivity contribution in [2.75, 3.05) is 0 Å². The molecule has 0 saturated carbocycles. The minimum atomic E-state index is 0.0774. The van der Waals surface area contributed by atoms with E-state index < -0.39 is 0 Å². The Labute approximate surface area is 106 Å². The van der Waals surface area contributed by atoms with Crippen molar-refractivity contribution in [2.24, 2.45) is 0 Å². The summed E-state index contributed by atoms with van der Waals surface area (Å²) < 4.78 is 7.60. The predicted octanol–water partition coefficient (Wildman–Crippen LogP) is 3.92. The van der Waals surface area contributed by atoms with Crippen LogP contribution in [-0.2, 0) is 5.41 Å². The van der Waals surface area contributed by atoms with Gasteiger partial charge in [0.1, 0.15) is 5.69 Å². The van der Waals surface area contributed by atoms with Crippen LogP contribution in [0.4, 0.5) is 0 Å². The van der Waals surface area contributed by atoms with Crippen LogP contribution in [0.1, 0.15) is 26.3 Å². The van der Waals surface area contributed by atoms with Crippen LogP contribution in [0.3, 0.4) is 0 Å². The van der Waals surface area contributed by atoms with Gasteiger partial charge in [-0.2, -0.15) is 5.10 Å². The monoisotopic (exact) mass is 240 g/mol. The highest BCUT2D eigenvalue weighted by Crippen LogP contribution is 2.34. The highest BCUT2D eigenvalue weighted by molar-refractivity contribution is 5.88. The first-order valence-electron chi connectivity index (χ1n) is 6.08. The molecule has 3 aromatic rings. The van der Waals surface area contributed by atoms with Gasteiger partial charge in [0.15, 0.2) is 5.58 Å². The molecule has 0 amide bonds. The van der Waals surface area contributed by atoms with Crippen molar-refractivity contribution >= 4 is 11.0 Å². The van der Waals surface area contributed by atoms with Gasteiger partial charge in [0.05, 0.1) is 6.26 Å². The van der Waals surface area contributed by atoms with E-state index in [0.29, 0.717) is 0 Å². The Hall–Kier alpha value is -2.03. The molecule has 0 aliphatic carbocycles. The summed E-state index contributed by atoms with van der Waals surface area (Å²) in [6.45, 7) is 6.58. The maximum atomic E-state index is 5.77. The first kappa shape index (κ1) is 11.1. The Morgan fingerprint density at radius 2 is 2.00 bits per heavy atom. The van der Waals surface area contributed by atoms with E-state index in [9.17, 15) is 0 Å². The highest BCUT2D eigenvalue weighted by Gasteiger charge is 2.21. The molecule has 0 bridgehead atoms. The standard InChI is InChI=1S/C15H16N2O/c1-15(2,3)12-10-18-14-11(12)6-4-7-13(14)17-9-5-8-16-17/h4-10H,1-3H3. The van der Waals surface area contributed by atoms with E-state index in [0.717, 1.165) is 16.7 Å². The van der Waals surface area contributed by atoms with E-state index in [2.05, 4.69) is 31.9 Å². The van der Waals surface area contributed by atoms with E-state index in [1.807, 2.05) is 35.3 Å². The number of hydrogen-bond donors (Lipinski definition) is 0. The Kier molecular flexibility index (Phi) is 2.30. The Balaban J connectivity index is 2.28. The third kappa shape index (κ3) is 1.63. The second kappa shape index (κ2) is 3.73. The zero-order valence-electron chi connectivity index (χ0n) is 10.8. The summed E-state index contributed by atoms with van der Waals surface area (Å²) in [7, 11) is 0. The first-order chi connectivity index (χ1) is 8.57. The molecule has 92 valence electrons. The summed E-state index contributed by atoms with van der Waals surface area (Å²) in [6, 6.07) is 8.08. The molecule has 3 rings (SSSR count). The maximum absolute atomic E-state index is 5.77. The second-order valence-electron chi connectivity index (χ2n) is 5.50. The molecular formula is C15H16N2O. The summed E-state index contributed by atoms with van der Waals surface area (Å²) in [5.41, 5.74) is 3.18. The van der Waals surface area contributed by atoms with E-state index in [4.69, 9.17) is 4.42 Å². The molecule has 3 nitrogen and oxygen atoms in total. The maximum Gasteiger partial charge on any atom is 0.159 e. The highest BCUT2D eigenvalue weighted by atomic mass is 16.3. The minimum absolute atomic E-state index is 0.0774. The molecule has 2 heterocycles. The molecular weight excluding hydrogens is 224 g/mol. The van der Waals surface area contributed by atoms with Gasteiger partial charge in [-0.25, -0.2) is 4.68 Å². The number of benzene rings is 1. The largest absolute Gasteiger partial charge is 0.462 e. The molecule has 0 N–H and O–H groups in total. The van der Waals surface area contributed by atoms with E-state index >= 15 is 0 Å². The number of aromatic nitrogens is 2. The van der Waals surface area contributed by atoms with Crippen molar-refractivity contribution in [3.8, 4) is 5.69 Å². The van der Waals surface area contributed by atoms with Crippen molar-refractivity contribution < 1.29 is 4.42 Å². The fourth-order valence-electron chi connectivity index (χ4n) is 2.21. The molecule has 0 unspecified atom stereocenters. The molecule has 3 heteroatoms. The smallest absolute Gasteiger partial charge is 0.159 e. The average molecular weight is 240 g/mol. The lowest BCUT2D eigenvalue weighted by molar-refractivity contribution is 0.556. The van der Waals surface area contributed by atoms with Gasteiger partial charge in [0.25, 0.3) is 0 Å². The molecule has 18 heavy (non-hydrogen) atoms.